The Hall–Kier alpha value is -1.54. The molecule has 2 heterocycles. The number of aryl methyl sites for hydroxylation is 1. The third kappa shape index (κ3) is 1.30. The number of nitrogens with zero attached hydrogens (tertiary/aromatic N) is 1. The second-order valence-electron chi connectivity index (χ2n) is 4.37. The zero-order chi connectivity index (χ0) is 11.1. The van der Waals surface area contributed by atoms with Crippen molar-refractivity contribution in [3.8, 4) is 0 Å². The van der Waals surface area contributed by atoms with E-state index in [1.165, 1.54) is 22.0 Å². The highest BCUT2D eigenvalue weighted by Crippen LogP contribution is 2.37. The van der Waals surface area contributed by atoms with E-state index in [0.717, 1.165) is 13.0 Å². The number of hydrogen-bond acceptors (Lipinski definition) is 1. The molecule has 2 aromatic rings. The van der Waals surface area contributed by atoms with Crippen LogP contribution in [0.3, 0.4) is 0 Å². The molecule has 1 aliphatic heterocycles. The Morgan fingerprint density at radius 1 is 1.38 bits per heavy atom. The van der Waals surface area contributed by atoms with Gasteiger partial charge in [-0.25, -0.2) is 0 Å². The summed E-state index contributed by atoms with van der Waals surface area (Å²) >= 11 is 0. The first-order valence-electron chi connectivity index (χ1n) is 5.60. The van der Waals surface area contributed by atoms with Crippen LogP contribution < -0.4 is 0 Å². The summed E-state index contributed by atoms with van der Waals surface area (Å²) in [5.74, 6) is 0. The summed E-state index contributed by atoms with van der Waals surface area (Å²) in [7, 11) is 2.07. The minimum atomic E-state index is 0.0890. The molecule has 0 bridgehead atoms. The fraction of sp³-hybridized carbons (Fsp3) is 0.286. The van der Waals surface area contributed by atoms with Crippen molar-refractivity contribution in [2.24, 2.45) is 7.05 Å². The number of para-hydroxylation sites is 1. The Morgan fingerprint density at radius 3 is 2.94 bits per heavy atom. The van der Waals surface area contributed by atoms with Gasteiger partial charge in [0.05, 0.1) is 6.61 Å². The Kier molecular flexibility index (Phi) is 2.11. The summed E-state index contributed by atoms with van der Waals surface area (Å²) in [5.41, 5.74) is 3.69. The molecule has 16 heavy (non-hydrogen) atoms. The lowest BCUT2D eigenvalue weighted by molar-refractivity contribution is 0.126. The smallest absolute Gasteiger partial charge is 0.105 e. The molecule has 0 unspecified atom stereocenters. The van der Waals surface area contributed by atoms with E-state index in [0.29, 0.717) is 0 Å². The van der Waals surface area contributed by atoms with Crippen molar-refractivity contribution in [2.75, 3.05) is 6.61 Å². The molecule has 82 valence electrons. The number of fused-ring (bicyclic) bond motifs is 1. The van der Waals surface area contributed by atoms with Crippen molar-refractivity contribution in [2.45, 2.75) is 12.5 Å². The van der Waals surface area contributed by atoms with E-state index in [1.807, 2.05) is 0 Å². The third-order valence-electron chi connectivity index (χ3n) is 3.29. The molecule has 0 N–H and O–H groups in total. The molecule has 1 aromatic carbocycles. The molecule has 0 saturated carbocycles. The van der Waals surface area contributed by atoms with Crippen LogP contribution >= 0.6 is 0 Å². The maximum atomic E-state index is 5.76. The van der Waals surface area contributed by atoms with E-state index in [1.54, 1.807) is 0 Å². The first-order valence-corrected chi connectivity index (χ1v) is 5.60. The quantitative estimate of drug-likeness (QED) is 0.663. The van der Waals surface area contributed by atoms with Crippen molar-refractivity contribution >= 4 is 10.9 Å². The van der Waals surface area contributed by atoms with E-state index >= 15 is 0 Å². The SMILES string of the molecule is C=C1CCO[C@@H]1c1cn(C)c2ccccc12. The lowest BCUT2D eigenvalue weighted by atomic mass is 10.0. The first kappa shape index (κ1) is 9.67. The molecule has 2 heteroatoms. The highest BCUT2D eigenvalue weighted by Gasteiger charge is 2.24. The number of hydrogen-bond donors (Lipinski definition) is 0. The normalized spacial score (nSPS) is 20.8. The van der Waals surface area contributed by atoms with Gasteiger partial charge in [0.2, 0.25) is 0 Å². The molecular formula is C14H15NO. The standard InChI is InChI=1S/C14H15NO/c1-10-7-8-16-14(10)12-9-15(2)13-6-4-3-5-11(12)13/h3-6,9,14H,1,7-8H2,2H3/t14-/m0/s1. The van der Waals surface area contributed by atoms with Gasteiger partial charge >= 0.3 is 0 Å². The van der Waals surface area contributed by atoms with E-state index in [-0.39, 0.29) is 6.10 Å². The highest BCUT2D eigenvalue weighted by atomic mass is 16.5. The summed E-state index contributed by atoms with van der Waals surface area (Å²) < 4.78 is 7.91. The molecule has 3 rings (SSSR count). The lowest BCUT2D eigenvalue weighted by Crippen LogP contribution is -1.96. The molecule has 0 radical (unpaired) electrons. The van der Waals surface area contributed by atoms with Gasteiger partial charge < -0.3 is 9.30 Å². The molecule has 0 amide bonds. The fourth-order valence-corrected chi connectivity index (χ4v) is 2.45. The average Bonchev–Trinajstić information content (AvgIpc) is 2.84. The van der Waals surface area contributed by atoms with Gasteiger partial charge in [0.1, 0.15) is 6.10 Å². The summed E-state index contributed by atoms with van der Waals surface area (Å²) in [6.45, 7) is 4.89. The minimum Gasteiger partial charge on any atom is -0.369 e. The Morgan fingerprint density at radius 2 is 2.19 bits per heavy atom. The maximum absolute atomic E-state index is 5.76. The number of aromatic nitrogens is 1. The maximum Gasteiger partial charge on any atom is 0.105 e. The molecule has 1 saturated heterocycles. The molecule has 0 spiro atoms. The molecule has 1 fully saturated rings. The van der Waals surface area contributed by atoms with Crippen LogP contribution in [-0.4, -0.2) is 11.2 Å². The molecule has 2 nitrogen and oxygen atoms in total. The van der Waals surface area contributed by atoms with Crippen LogP contribution in [0.5, 0.6) is 0 Å². The largest absolute Gasteiger partial charge is 0.369 e. The second kappa shape index (κ2) is 3.49. The van der Waals surface area contributed by atoms with Gasteiger partial charge in [-0.1, -0.05) is 24.8 Å². The van der Waals surface area contributed by atoms with Crippen molar-refractivity contribution in [1.82, 2.24) is 4.57 Å². The van der Waals surface area contributed by atoms with Gasteiger partial charge in [-0.05, 0) is 18.1 Å². The first-order chi connectivity index (χ1) is 7.77. The summed E-state index contributed by atoms with van der Waals surface area (Å²) in [6, 6.07) is 8.43. The van der Waals surface area contributed by atoms with Gasteiger partial charge in [0.15, 0.2) is 0 Å². The van der Waals surface area contributed by atoms with E-state index < -0.39 is 0 Å². The van der Waals surface area contributed by atoms with Gasteiger partial charge in [-0.2, -0.15) is 0 Å². The van der Waals surface area contributed by atoms with Crippen LogP contribution in [0.1, 0.15) is 18.1 Å². The minimum absolute atomic E-state index is 0.0890. The van der Waals surface area contributed by atoms with Gasteiger partial charge in [-0.15, -0.1) is 0 Å². The zero-order valence-corrected chi connectivity index (χ0v) is 9.44. The zero-order valence-electron chi connectivity index (χ0n) is 9.44. The van der Waals surface area contributed by atoms with Crippen LogP contribution in [0.2, 0.25) is 0 Å². The number of ether oxygens (including phenoxy) is 1. The molecule has 1 aromatic heterocycles. The van der Waals surface area contributed by atoms with Crippen LogP contribution in [0.15, 0.2) is 42.6 Å². The molecular weight excluding hydrogens is 198 g/mol. The van der Waals surface area contributed by atoms with Crippen molar-refractivity contribution in [3.63, 3.8) is 0 Å². The van der Waals surface area contributed by atoms with Crippen LogP contribution in [-0.2, 0) is 11.8 Å². The molecule has 1 aliphatic rings. The third-order valence-corrected chi connectivity index (χ3v) is 3.29. The van der Waals surface area contributed by atoms with Crippen LogP contribution in [0, 0.1) is 0 Å². The Balaban J connectivity index is 2.20. The number of rotatable bonds is 1. The Labute approximate surface area is 95.1 Å². The van der Waals surface area contributed by atoms with Crippen molar-refractivity contribution in [3.05, 3.63) is 48.2 Å². The molecule has 1 atom stereocenters. The predicted octanol–water partition coefficient (Wildman–Crippen LogP) is 3.20. The predicted molar refractivity (Wildman–Crippen MR) is 65.4 cm³/mol. The highest BCUT2D eigenvalue weighted by molar-refractivity contribution is 5.84. The number of benzene rings is 1. The van der Waals surface area contributed by atoms with Gasteiger partial charge in [0.25, 0.3) is 0 Å². The summed E-state index contributed by atoms with van der Waals surface area (Å²) in [4.78, 5) is 0. The Bertz CT molecular complexity index is 553. The fourth-order valence-electron chi connectivity index (χ4n) is 2.45. The molecule has 0 aliphatic carbocycles. The summed E-state index contributed by atoms with van der Waals surface area (Å²) in [6.07, 6.45) is 3.23. The van der Waals surface area contributed by atoms with E-state index in [4.69, 9.17) is 4.74 Å². The van der Waals surface area contributed by atoms with Crippen molar-refractivity contribution < 1.29 is 4.74 Å². The van der Waals surface area contributed by atoms with Gasteiger partial charge in [0, 0.05) is 29.7 Å². The topological polar surface area (TPSA) is 14.2 Å². The van der Waals surface area contributed by atoms with Gasteiger partial charge in [-0.3, -0.25) is 0 Å². The monoisotopic (exact) mass is 213 g/mol. The lowest BCUT2D eigenvalue weighted by Gasteiger charge is -2.09. The van der Waals surface area contributed by atoms with Crippen molar-refractivity contribution in [1.29, 1.82) is 0 Å². The van der Waals surface area contributed by atoms with E-state index in [9.17, 15) is 0 Å². The van der Waals surface area contributed by atoms with Crippen LogP contribution in [0.25, 0.3) is 10.9 Å². The second-order valence-corrected chi connectivity index (χ2v) is 4.37. The van der Waals surface area contributed by atoms with E-state index in [2.05, 4.69) is 48.7 Å². The van der Waals surface area contributed by atoms with Crippen LogP contribution in [0.4, 0.5) is 0 Å². The summed E-state index contributed by atoms with van der Waals surface area (Å²) in [5, 5.41) is 1.28. The average molecular weight is 213 g/mol.